The van der Waals surface area contributed by atoms with Crippen molar-refractivity contribution >= 4 is 71.2 Å². The van der Waals surface area contributed by atoms with Gasteiger partial charge in [-0.2, -0.15) is 18.3 Å². The van der Waals surface area contributed by atoms with Crippen LogP contribution in [-0.2, 0) is 0 Å². The predicted octanol–water partition coefficient (Wildman–Crippen LogP) is 8.88. The van der Waals surface area contributed by atoms with E-state index in [2.05, 4.69) is 134 Å². The fourth-order valence-corrected chi connectivity index (χ4v) is 7.44. The second kappa shape index (κ2) is 14.2. The minimum Gasteiger partial charge on any atom is -0.354 e. The monoisotopic (exact) mass is 726 g/mol. The van der Waals surface area contributed by atoms with Crippen LogP contribution in [-0.4, -0.2) is 19.9 Å². The van der Waals surface area contributed by atoms with Gasteiger partial charge in [-0.15, -0.1) is 0 Å². The third kappa shape index (κ3) is 6.11. The van der Waals surface area contributed by atoms with Gasteiger partial charge in [0, 0.05) is 68.6 Å². The van der Waals surface area contributed by atoms with Crippen LogP contribution in [0.3, 0.4) is 0 Å². The summed E-state index contributed by atoms with van der Waals surface area (Å²) in [7, 11) is 0. The van der Waals surface area contributed by atoms with Crippen molar-refractivity contribution in [2.45, 2.75) is 0 Å². The summed E-state index contributed by atoms with van der Waals surface area (Å²) < 4.78 is 7.81. The predicted molar refractivity (Wildman–Crippen MR) is 227 cm³/mol. The number of rotatable bonds is 8. The van der Waals surface area contributed by atoms with Crippen LogP contribution in [0, 0.1) is 0 Å². The lowest BCUT2D eigenvalue weighted by Crippen LogP contribution is -2.23. The van der Waals surface area contributed by atoms with E-state index in [9.17, 15) is 0 Å². The van der Waals surface area contributed by atoms with Crippen molar-refractivity contribution in [2.24, 2.45) is 0 Å². The third-order valence-corrected chi connectivity index (χ3v) is 10.0. The molecular formula is C48H38N8+4. The van der Waals surface area contributed by atoms with Crippen molar-refractivity contribution in [3.63, 3.8) is 0 Å². The lowest BCUT2D eigenvalue weighted by molar-refractivity contribution is -0.567. The van der Waals surface area contributed by atoms with Gasteiger partial charge >= 0.3 is 0 Å². The number of fused-ring (bicyclic) bond motifs is 8. The van der Waals surface area contributed by atoms with Crippen LogP contribution in [0.4, 0.5) is 0 Å². The zero-order chi connectivity index (χ0) is 38.2. The molecule has 7 aromatic rings. The summed E-state index contributed by atoms with van der Waals surface area (Å²) in [5.41, 5.74) is 14.7. The molecule has 0 atom stereocenters. The molecule has 8 nitrogen and oxygen atoms in total. The quantitative estimate of drug-likeness (QED) is 0.154. The Hall–Kier alpha value is -7.84. The molecule has 7 aromatic heterocycles. The number of nitrogens with one attached hydrogen (secondary N) is 2. The molecule has 9 heterocycles. The van der Waals surface area contributed by atoms with E-state index >= 15 is 0 Å². The van der Waals surface area contributed by atoms with Crippen molar-refractivity contribution < 1.29 is 18.3 Å². The topological polar surface area (TPSA) is 72.9 Å². The summed E-state index contributed by atoms with van der Waals surface area (Å²) in [4.78, 5) is 18.4. The molecule has 0 aromatic carbocycles. The number of hydrogen-bond donors (Lipinski definition) is 2. The van der Waals surface area contributed by atoms with E-state index in [0.29, 0.717) is 0 Å². The van der Waals surface area contributed by atoms with Gasteiger partial charge in [-0.1, -0.05) is 0 Å². The molecule has 2 aliphatic heterocycles. The van der Waals surface area contributed by atoms with Gasteiger partial charge in [0.05, 0.1) is 45.0 Å². The van der Waals surface area contributed by atoms with E-state index in [4.69, 9.17) is 9.97 Å². The molecule has 0 saturated heterocycles. The first-order chi connectivity index (χ1) is 27.5. The third-order valence-electron chi connectivity index (χ3n) is 10.0. The van der Waals surface area contributed by atoms with E-state index in [1.165, 1.54) is 0 Å². The number of hydrogen-bond acceptors (Lipinski definition) is 2. The van der Waals surface area contributed by atoms with Crippen molar-refractivity contribution in [3.05, 3.63) is 171 Å². The highest BCUT2D eigenvalue weighted by Crippen LogP contribution is 2.37. The van der Waals surface area contributed by atoms with Gasteiger partial charge in [0.1, 0.15) is 0 Å². The van der Waals surface area contributed by atoms with E-state index in [-0.39, 0.29) is 0 Å². The minimum absolute atomic E-state index is 0.823. The Labute approximate surface area is 324 Å². The number of pyridine rings is 4. The average Bonchev–Trinajstić information content (AvgIpc) is 4.09. The second-order valence-corrected chi connectivity index (χ2v) is 13.4. The molecule has 0 aliphatic carbocycles. The summed E-state index contributed by atoms with van der Waals surface area (Å²) in [6.45, 7) is 16.1. The van der Waals surface area contributed by atoms with Gasteiger partial charge < -0.3 is 9.97 Å². The van der Waals surface area contributed by atoms with Crippen LogP contribution in [0.5, 0.6) is 0 Å². The van der Waals surface area contributed by atoms with Gasteiger partial charge in [-0.25, -0.2) is 9.97 Å². The van der Waals surface area contributed by atoms with Crippen molar-refractivity contribution in [2.75, 3.05) is 0 Å². The van der Waals surface area contributed by atoms with Gasteiger partial charge in [0.15, 0.2) is 74.4 Å². The summed E-state index contributed by atoms with van der Waals surface area (Å²) in [6.07, 6.45) is 31.7. The second-order valence-electron chi connectivity index (χ2n) is 13.4. The Morgan fingerprint density at radius 1 is 0.375 bits per heavy atom. The van der Waals surface area contributed by atoms with Gasteiger partial charge in [0.25, 0.3) is 0 Å². The molecule has 56 heavy (non-hydrogen) atoms. The summed E-state index contributed by atoms with van der Waals surface area (Å²) in [5, 5.41) is 0. The average molecular weight is 727 g/mol. The highest BCUT2D eigenvalue weighted by atomic mass is 14.9. The maximum Gasteiger partial charge on any atom is 0.182 e. The minimum atomic E-state index is 0.823. The molecule has 0 radical (unpaired) electrons. The number of aromatic nitrogens is 8. The van der Waals surface area contributed by atoms with E-state index in [1.807, 2.05) is 67.3 Å². The first kappa shape index (κ1) is 34.0. The number of aromatic amines is 2. The molecule has 8 heteroatoms. The van der Waals surface area contributed by atoms with Crippen molar-refractivity contribution in [1.82, 2.24) is 19.9 Å². The van der Waals surface area contributed by atoms with E-state index in [0.717, 1.165) is 89.4 Å². The number of nitrogens with zero attached hydrogens (tertiary/aromatic N) is 6. The molecular weight excluding hydrogens is 689 g/mol. The van der Waals surface area contributed by atoms with Crippen LogP contribution >= 0.6 is 0 Å². The zero-order valence-corrected chi connectivity index (χ0v) is 30.7. The molecule has 0 unspecified atom stereocenters. The highest BCUT2D eigenvalue weighted by Gasteiger charge is 2.21. The van der Waals surface area contributed by atoms with Gasteiger partial charge in [-0.3, -0.25) is 0 Å². The fraction of sp³-hybridized carbons (Fsp3) is 0. The van der Waals surface area contributed by atoms with Crippen LogP contribution < -0.4 is 18.3 Å². The molecule has 0 fully saturated rings. The van der Waals surface area contributed by atoms with Crippen LogP contribution in [0.15, 0.2) is 149 Å². The Morgan fingerprint density at radius 3 is 0.857 bits per heavy atom. The lowest BCUT2D eigenvalue weighted by atomic mass is 10.1. The van der Waals surface area contributed by atoms with Gasteiger partial charge in [-0.05, 0) is 99.2 Å². The van der Waals surface area contributed by atoms with Crippen LogP contribution in [0.1, 0.15) is 22.8 Å². The molecule has 2 N–H and O–H groups in total. The van der Waals surface area contributed by atoms with Gasteiger partial charge in [0.2, 0.25) is 0 Å². The molecule has 0 saturated carbocycles. The normalized spacial score (nSPS) is 11.7. The molecule has 8 bridgehead atoms. The Bertz CT molecular complexity index is 2610. The van der Waals surface area contributed by atoms with E-state index < -0.39 is 0 Å². The standard InChI is InChI=1S/C48H38N8/c1-5-53-25-9-13-33(29-53)45-37-17-19-39(49-37)46(34-14-10-26-54(6-2)30-34)41-21-23-43(51-41)48(36-16-12-28-56(8-4)32-36)44-24-22-42(52-44)47(40-20-18-38(45)50-40)35-15-11-27-55(7-3)31-35/h5-32,49,52H,1-4H2/q+4. The largest absolute Gasteiger partial charge is 0.354 e. The lowest BCUT2D eigenvalue weighted by Gasteiger charge is -2.05. The molecule has 0 amide bonds. The summed E-state index contributed by atoms with van der Waals surface area (Å²) in [5.74, 6) is 0. The summed E-state index contributed by atoms with van der Waals surface area (Å²) in [6, 6.07) is 25.0. The molecule has 0 spiro atoms. The zero-order valence-electron chi connectivity index (χ0n) is 30.7. The van der Waals surface area contributed by atoms with Crippen molar-refractivity contribution in [3.8, 4) is 44.5 Å². The highest BCUT2D eigenvalue weighted by molar-refractivity contribution is 5.99. The molecule has 9 rings (SSSR count). The van der Waals surface area contributed by atoms with Crippen LogP contribution in [0.2, 0.25) is 0 Å². The smallest absolute Gasteiger partial charge is 0.182 e. The molecule has 2 aliphatic rings. The maximum atomic E-state index is 5.41. The Morgan fingerprint density at radius 2 is 0.625 bits per heavy atom. The Kier molecular flexibility index (Phi) is 8.60. The first-order valence-electron chi connectivity index (χ1n) is 18.2. The van der Waals surface area contributed by atoms with Crippen LogP contribution in [0.25, 0.3) is 116 Å². The first-order valence-corrected chi connectivity index (χ1v) is 18.2. The Balaban J connectivity index is 1.49. The number of H-pyrrole nitrogens is 2. The maximum absolute atomic E-state index is 5.41. The summed E-state index contributed by atoms with van der Waals surface area (Å²) >= 11 is 0. The van der Waals surface area contributed by atoms with E-state index in [1.54, 1.807) is 24.8 Å². The molecule has 266 valence electrons. The SMILES string of the molecule is C=C[n+]1cccc(-c2c3nc(c(-c4ccc[n+](C=C)c4)c4ccc([nH]4)c(-c4ccc[n+](C=C)c4)c4nc(c(-c5ccc[n+](C=C)c5)c5ccc2[nH]5)C=C4)C=C3)c1. The van der Waals surface area contributed by atoms with Crippen molar-refractivity contribution in [1.29, 1.82) is 0 Å². The fourth-order valence-electron chi connectivity index (χ4n) is 7.44.